The van der Waals surface area contributed by atoms with E-state index in [1.807, 2.05) is 80.6 Å². The van der Waals surface area contributed by atoms with Crippen molar-refractivity contribution in [3.63, 3.8) is 0 Å². The predicted octanol–water partition coefficient (Wildman–Crippen LogP) is 5.54. The van der Waals surface area contributed by atoms with Crippen molar-refractivity contribution in [2.45, 2.75) is 51.9 Å². The Morgan fingerprint density at radius 1 is 1.00 bits per heavy atom. The predicted molar refractivity (Wildman–Crippen MR) is 166 cm³/mol. The highest BCUT2D eigenvalue weighted by Crippen LogP contribution is 2.29. The van der Waals surface area contributed by atoms with E-state index in [2.05, 4.69) is 9.97 Å². The van der Waals surface area contributed by atoms with E-state index in [1.54, 1.807) is 10.8 Å². The number of ether oxygens (including phenoxy) is 2. The molecule has 2 N–H and O–H groups in total. The molecule has 1 fully saturated rings. The summed E-state index contributed by atoms with van der Waals surface area (Å²) in [5, 5.41) is 10.8. The second-order valence-electron chi connectivity index (χ2n) is 11.3. The van der Waals surface area contributed by atoms with E-state index in [1.165, 1.54) is 4.90 Å². The van der Waals surface area contributed by atoms with Gasteiger partial charge < -0.3 is 24.5 Å². The van der Waals surface area contributed by atoms with Gasteiger partial charge in [-0.25, -0.2) is 14.4 Å². The zero-order valence-electron chi connectivity index (χ0n) is 24.7. The number of fused-ring (bicyclic) bond motifs is 3. The average Bonchev–Trinajstić information content (AvgIpc) is 3.37. The van der Waals surface area contributed by atoms with Crippen LogP contribution in [0.1, 0.15) is 41.1 Å². The number of aromatic amines is 1. The minimum absolute atomic E-state index is 0.0316. The molecule has 1 atom stereocenters. The fraction of sp³-hybridized carbons (Fsp3) is 0.294. The molecule has 0 spiro atoms. The number of benzene rings is 3. The number of para-hydroxylation sites is 1. The number of likely N-dealkylation sites (tertiary alicyclic amines) is 1. The molecule has 5 aromatic rings. The van der Waals surface area contributed by atoms with Crippen LogP contribution in [0.2, 0.25) is 0 Å². The van der Waals surface area contributed by atoms with Crippen LogP contribution in [0.15, 0.2) is 77.7 Å². The highest BCUT2D eigenvalue weighted by atomic mass is 16.6. The quantitative estimate of drug-likeness (QED) is 0.241. The molecule has 3 heterocycles. The van der Waals surface area contributed by atoms with Gasteiger partial charge in [0.15, 0.2) is 0 Å². The molecule has 10 heteroatoms. The van der Waals surface area contributed by atoms with Crippen molar-refractivity contribution in [1.29, 1.82) is 0 Å². The lowest BCUT2D eigenvalue weighted by Gasteiger charge is -2.32. The lowest BCUT2D eigenvalue weighted by molar-refractivity contribution is -0.147. The summed E-state index contributed by atoms with van der Waals surface area (Å²) in [6.07, 6.45) is 0.768. The number of imidazole rings is 1. The number of hydrogen-bond acceptors (Lipinski definition) is 6. The summed E-state index contributed by atoms with van der Waals surface area (Å²) < 4.78 is 13.3. The van der Waals surface area contributed by atoms with Crippen molar-refractivity contribution < 1.29 is 24.2 Å². The second kappa shape index (κ2) is 12.2. The van der Waals surface area contributed by atoms with Gasteiger partial charge in [-0.05, 0) is 55.0 Å². The number of carboxylic acids is 1. The Bertz CT molecular complexity index is 1870. The molecule has 0 radical (unpaired) electrons. The minimum atomic E-state index is -1.34. The van der Waals surface area contributed by atoms with E-state index in [9.17, 15) is 19.5 Å². The lowest BCUT2D eigenvalue weighted by atomic mass is 10.0. The molecule has 226 valence electrons. The molecule has 2 aromatic heterocycles. The van der Waals surface area contributed by atoms with E-state index < -0.39 is 18.2 Å². The summed E-state index contributed by atoms with van der Waals surface area (Å²) in [6, 6.07) is 21.1. The van der Waals surface area contributed by atoms with Crippen LogP contribution in [0.3, 0.4) is 0 Å². The van der Waals surface area contributed by atoms with E-state index in [0.717, 1.165) is 49.9 Å². The topological polar surface area (TPSA) is 127 Å². The van der Waals surface area contributed by atoms with Crippen LogP contribution in [-0.2, 0) is 22.6 Å². The van der Waals surface area contributed by atoms with E-state index in [0.29, 0.717) is 32.5 Å². The molecular weight excluding hydrogens is 560 g/mol. The fourth-order valence-corrected chi connectivity index (χ4v) is 6.10. The van der Waals surface area contributed by atoms with Crippen molar-refractivity contribution in [3.8, 4) is 5.75 Å². The largest absolute Gasteiger partial charge is 0.488 e. The van der Waals surface area contributed by atoms with Gasteiger partial charge in [0.05, 0.1) is 22.7 Å². The number of carbonyl (C=O) groups is 2. The lowest BCUT2D eigenvalue weighted by Crippen LogP contribution is -2.43. The zero-order valence-corrected chi connectivity index (χ0v) is 24.7. The number of nitrogens with zero attached hydrogens (tertiary/aromatic N) is 3. The molecule has 1 amide bonds. The number of hydrogen-bond donors (Lipinski definition) is 2. The summed E-state index contributed by atoms with van der Waals surface area (Å²) in [7, 11) is 0. The van der Waals surface area contributed by atoms with Crippen molar-refractivity contribution in [3.05, 3.63) is 106 Å². The SMILES string of the molecule is Cc1cc(C[C@@H](OC(=O)N2CCC(n3c(=O)[nH]c4c5ccccc5ncc43)CC2)C(=O)O)cc(C)c1OCc1ccccc1. The van der Waals surface area contributed by atoms with Gasteiger partial charge in [-0.1, -0.05) is 60.7 Å². The molecule has 10 nitrogen and oxygen atoms in total. The maximum atomic E-state index is 13.1. The Morgan fingerprint density at radius 2 is 1.68 bits per heavy atom. The molecule has 1 aliphatic heterocycles. The number of H-pyrrole nitrogens is 1. The maximum Gasteiger partial charge on any atom is 0.410 e. The van der Waals surface area contributed by atoms with Gasteiger partial charge in [-0.15, -0.1) is 0 Å². The monoisotopic (exact) mass is 594 g/mol. The van der Waals surface area contributed by atoms with Crippen LogP contribution in [0.4, 0.5) is 4.79 Å². The first-order valence-electron chi connectivity index (χ1n) is 14.7. The van der Waals surface area contributed by atoms with Gasteiger partial charge in [0.25, 0.3) is 0 Å². The van der Waals surface area contributed by atoms with Crippen LogP contribution < -0.4 is 10.4 Å². The van der Waals surface area contributed by atoms with E-state index in [4.69, 9.17) is 9.47 Å². The molecule has 3 aromatic carbocycles. The molecular formula is C34H34N4O6. The van der Waals surface area contributed by atoms with Gasteiger partial charge in [-0.2, -0.15) is 0 Å². The Morgan fingerprint density at radius 3 is 2.39 bits per heavy atom. The Balaban J connectivity index is 1.09. The Kier molecular flexibility index (Phi) is 8.06. The van der Waals surface area contributed by atoms with Crippen molar-refractivity contribution >= 4 is 34.0 Å². The van der Waals surface area contributed by atoms with Crippen molar-refractivity contribution in [2.24, 2.45) is 0 Å². The average molecular weight is 595 g/mol. The number of rotatable bonds is 8. The van der Waals surface area contributed by atoms with Gasteiger partial charge in [0.1, 0.15) is 12.4 Å². The first kappa shape index (κ1) is 29.0. The van der Waals surface area contributed by atoms with Crippen molar-refractivity contribution in [1.82, 2.24) is 19.4 Å². The van der Waals surface area contributed by atoms with Gasteiger partial charge in [0, 0.05) is 30.9 Å². The molecule has 0 bridgehead atoms. The van der Waals surface area contributed by atoms with E-state index in [-0.39, 0.29) is 18.2 Å². The molecule has 0 saturated carbocycles. The summed E-state index contributed by atoms with van der Waals surface area (Å²) in [5.41, 5.74) is 5.61. The first-order chi connectivity index (χ1) is 21.3. The Labute approximate surface area is 253 Å². The fourth-order valence-electron chi connectivity index (χ4n) is 6.10. The minimum Gasteiger partial charge on any atom is -0.488 e. The summed E-state index contributed by atoms with van der Waals surface area (Å²) in [6.45, 7) is 4.93. The standard InChI is InChI=1S/C34H34N4O6/c1-21-16-24(17-22(2)31(21)43-20-23-8-4-3-5-9-23)18-29(32(39)40)44-34(42)37-14-12-25(13-15-37)38-28-19-35-27-11-7-6-10-26(27)30(28)36-33(38)41/h3-11,16-17,19,25,29H,12-15,18,20H2,1-2H3,(H,36,41)(H,39,40)/t29-/m1/s1. The van der Waals surface area contributed by atoms with Gasteiger partial charge in [0.2, 0.25) is 6.10 Å². The number of piperidine rings is 1. The summed E-state index contributed by atoms with van der Waals surface area (Å²) >= 11 is 0. The second-order valence-corrected chi connectivity index (χ2v) is 11.3. The van der Waals surface area contributed by atoms with Gasteiger partial charge >= 0.3 is 17.8 Å². The normalized spacial score (nSPS) is 14.5. The van der Waals surface area contributed by atoms with Crippen molar-refractivity contribution in [2.75, 3.05) is 13.1 Å². The molecule has 0 aliphatic carbocycles. The molecule has 1 saturated heterocycles. The smallest absolute Gasteiger partial charge is 0.410 e. The van der Waals surface area contributed by atoms with Crippen LogP contribution in [-0.4, -0.2) is 55.8 Å². The number of nitrogens with one attached hydrogen (secondary N) is 1. The maximum absolute atomic E-state index is 13.1. The summed E-state index contributed by atoms with van der Waals surface area (Å²) in [4.78, 5) is 47.1. The third kappa shape index (κ3) is 5.88. The van der Waals surface area contributed by atoms with Crippen LogP contribution >= 0.6 is 0 Å². The van der Waals surface area contributed by atoms with Crippen LogP contribution in [0.25, 0.3) is 21.9 Å². The van der Waals surface area contributed by atoms with Gasteiger partial charge in [-0.3, -0.25) is 9.55 Å². The zero-order chi connectivity index (χ0) is 30.8. The number of aliphatic carboxylic acids is 1. The van der Waals surface area contributed by atoms with Crippen LogP contribution in [0.5, 0.6) is 5.75 Å². The van der Waals surface area contributed by atoms with E-state index >= 15 is 0 Å². The number of amides is 1. The number of carboxylic acid groups (broad SMARTS) is 1. The Hall–Kier alpha value is -5.12. The molecule has 1 aliphatic rings. The molecule has 0 unspecified atom stereocenters. The third-order valence-electron chi connectivity index (χ3n) is 8.24. The highest BCUT2D eigenvalue weighted by molar-refractivity contribution is 6.01. The van der Waals surface area contributed by atoms with Crippen LogP contribution in [0, 0.1) is 13.8 Å². The number of pyridine rings is 1. The highest BCUT2D eigenvalue weighted by Gasteiger charge is 2.31. The molecule has 6 rings (SSSR count). The number of carbonyl (C=O) groups excluding carboxylic acids is 1. The first-order valence-corrected chi connectivity index (χ1v) is 14.7. The number of aryl methyl sites for hydroxylation is 2. The molecule has 44 heavy (non-hydrogen) atoms. The third-order valence-corrected chi connectivity index (χ3v) is 8.24. The number of aromatic nitrogens is 3. The summed E-state index contributed by atoms with van der Waals surface area (Å²) in [5.74, 6) is -0.458.